The Balaban J connectivity index is 2.74. The van der Waals surface area contributed by atoms with Crippen molar-refractivity contribution in [2.75, 3.05) is 12.9 Å². The van der Waals surface area contributed by atoms with E-state index in [2.05, 4.69) is 0 Å². The van der Waals surface area contributed by atoms with Gasteiger partial charge in [-0.2, -0.15) is 0 Å². The number of halogens is 1. The van der Waals surface area contributed by atoms with Gasteiger partial charge in [-0.1, -0.05) is 12.8 Å². The second kappa shape index (κ2) is 4.37. The van der Waals surface area contributed by atoms with Crippen LogP contribution in [-0.2, 0) is 13.8 Å². The molecule has 14 heavy (non-hydrogen) atoms. The average molecular weight is 241 g/mol. The van der Waals surface area contributed by atoms with Gasteiger partial charge in [0.2, 0.25) is 9.05 Å². The van der Waals surface area contributed by atoms with Crippen molar-refractivity contribution in [3.8, 4) is 0 Å². The SMILES string of the molecule is COC(C)(CS(=O)(=O)Cl)C1CCCC1. The van der Waals surface area contributed by atoms with Crippen molar-refractivity contribution >= 4 is 19.7 Å². The first-order chi connectivity index (χ1) is 6.37. The lowest BCUT2D eigenvalue weighted by Gasteiger charge is -2.33. The molecule has 0 bridgehead atoms. The zero-order valence-corrected chi connectivity index (χ0v) is 10.2. The summed E-state index contributed by atoms with van der Waals surface area (Å²) in [7, 11) is 3.34. The predicted octanol–water partition coefficient (Wildman–Crippen LogP) is 2.15. The van der Waals surface area contributed by atoms with Crippen molar-refractivity contribution in [1.82, 2.24) is 0 Å². The fourth-order valence-electron chi connectivity index (χ4n) is 2.22. The number of rotatable bonds is 4. The van der Waals surface area contributed by atoms with Gasteiger partial charge in [0.15, 0.2) is 0 Å². The van der Waals surface area contributed by atoms with Crippen LogP contribution in [0.2, 0.25) is 0 Å². The largest absolute Gasteiger partial charge is 0.377 e. The van der Waals surface area contributed by atoms with Crippen LogP contribution < -0.4 is 0 Å². The molecule has 1 fully saturated rings. The third kappa shape index (κ3) is 3.11. The lowest BCUT2D eigenvalue weighted by atomic mass is 9.89. The Hall–Kier alpha value is 0.200. The van der Waals surface area contributed by atoms with Gasteiger partial charge in [-0.05, 0) is 25.7 Å². The van der Waals surface area contributed by atoms with Crippen LogP contribution in [0.1, 0.15) is 32.6 Å². The highest BCUT2D eigenvalue weighted by Crippen LogP contribution is 2.37. The molecule has 0 radical (unpaired) electrons. The standard InChI is InChI=1S/C9H17ClO3S/c1-9(13-2,7-14(10,11)12)8-5-3-4-6-8/h8H,3-7H2,1-2H3. The van der Waals surface area contributed by atoms with E-state index in [1.165, 1.54) is 0 Å². The van der Waals surface area contributed by atoms with Gasteiger partial charge < -0.3 is 4.74 Å². The minimum absolute atomic E-state index is 0.0945. The van der Waals surface area contributed by atoms with Crippen LogP contribution in [-0.4, -0.2) is 26.9 Å². The summed E-state index contributed by atoms with van der Waals surface area (Å²) in [5.74, 6) is 0.226. The molecular formula is C9H17ClO3S. The fourth-order valence-corrected chi connectivity index (χ4v) is 3.91. The molecular weight excluding hydrogens is 224 g/mol. The summed E-state index contributed by atoms with van der Waals surface area (Å²) in [6, 6.07) is 0. The smallest absolute Gasteiger partial charge is 0.235 e. The zero-order chi connectivity index (χ0) is 10.8. The Morgan fingerprint density at radius 3 is 2.29 bits per heavy atom. The quantitative estimate of drug-likeness (QED) is 0.708. The third-order valence-corrected chi connectivity index (χ3v) is 4.39. The minimum Gasteiger partial charge on any atom is -0.377 e. The normalized spacial score (nSPS) is 23.6. The molecule has 1 saturated carbocycles. The Morgan fingerprint density at radius 1 is 1.43 bits per heavy atom. The predicted molar refractivity (Wildman–Crippen MR) is 57.0 cm³/mol. The Labute approximate surface area is 90.2 Å². The van der Waals surface area contributed by atoms with Crippen LogP contribution in [0, 0.1) is 5.92 Å². The van der Waals surface area contributed by atoms with Gasteiger partial charge in [0.25, 0.3) is 0 Å². The Kier molecular flexibility index (Phi) is 3.83. The third-order valence-electron chi connectivity index (χ3n) is 3.14. The van der Waals surface area contributed by atoms with Gasteiger partial charge in [-0.25, -0.2) is 8.42 Å². The first kappa shape index (κ1) is 12.3. The van der Waals surface area contributed by atoms with E-state index in [1.807, 2.05) is 6.92 Å². The van der Waals surface area contributed by atoms with E-state index in [0.29, 0.717) is 5.92 Å². The van der Waals surface area contributed by atoms with Gasteiger partial charge in [-0.15, -0.1) is 0 Å². The molecule has 84 valence electrons. The second-order valence-electron chi connectivity index (χ2n) is 4.18. The molecule has 0 aliphatic heterocycles. The number of hydrogen-bond donors (Lipinski definition) is 0. The van der Waals surface area contributed by atoms with Crippen molar-refractivity contribution in [2.45, 2.75) is 38.2 Å². The first-order valence-corrected chi connectivity index (χ1v) is 7.33. The topological polar surface area (TPSA) is 43.4 Å². The number of hydrogen-bond acceptors (Lipinski definition) is 3. The number of ether oxygens (including phenoxy) is 1. The minimum atomic E-state index is -3.48. The van der Waals surface area contributed by atoms with E-state index in [0.717, 1.165) is 25.7 Å². The summed E-state index contributed by atoms with van der Waals surface area (Å²) in [6.07, 6.45) is 4.39. The molecule has 1 aliphatic rings. The van der Waals surface area contributed by atoms with E-state index < -0.39 is 14.7 Å². The van der Waals surface area contributed by atoms with Crippen LogP contribution in [0.5, 0.6) is 0 Å². The van der Waals surface area contributed by atoms with Gasteiger partial charge in [0.05, 0.1) is 11.4 Å². The number of methoxy groups -OCH3 is 1. The van der Waals surface area contributed by atoms with Gasteiger partial charge >= 0.3 is 0 Å². The lowest BCUT2D eigenvalue weighted by Crippen LogP contribution is -2.41. The van der Waals surface area contributed by atoms with Crippen LogP contribution >= 0.6 is 10.7 Å². The van der Waals surface area contributed by atoms with Gasteiger partial charge in [0, 0.05) is 17.8 Å². The molecule has 1 rings (SSSR count). The maximum Gasteiger partial charge on any atom is 0.235 e. The summed E-state index contributed by atoms with van der Waals surface area (Å²) < 4.78 is 27.4. The zero-order valence-electron chi connectivity index (χ0n) is 8.62. The van der Waals surface area contributed by atoms with E-state index in [-0.39, 0.29) is 5.75 Å². The molecule has 0 aromatic heterocycles. The lowest BCUT2D eigenvalue weighted by molar-refractivity contribution is -0.0223. The highest BCUT2D eigenvalue weighted by molar-refractivity contribution is 8.13. The Bertz CT molecular complexity index is 282. The molecule has 0 aromatic carbocycles. The van der Waals surface area contributed by atoms with Crippen LogP contribution in [0.3, 0.4) is 0 Å². The van der Waals surface area contributed by atoms with Crippen LogP contribution in [0.4, 0.5) is 0 Å². The molecule has 1 atom stereocenters. The highest BCUT2D eigenvalue weighted by Gasteiger charge is 2.39. The first-order valence-electron chi connectivity index (χ1n) is 4.85. The Morgan fingerprint density at radius 2 is 1.93 bits per heavy atom. The molecule has 0 N–H and O–H groups in total. The maximum absolute atomic E-state index is 11.0. The second-order valence-corrected chi connectivity index (χ2v) is 6.96. The van der Waals surface area contributed by atoms with Gasteiger partial charge in [-0.3, -0.25) is 0 Å². The summed E-state index contributed by atoms with van der Waals surface area (Å²) in [5.41, 5.74) is -0.614. The summed E-state index contributed by atoms with van der Waals surface area (Å²) in [6.45, 7) is 1.84. The summed E-state index contributed by atoms with van der Waals surface area (Å²) in [5, 5.41) is 0. The molecule has 0 heterocycles. The molecule has 3 nitrogen and oxygen atoms in total. The summed E-state index contributed by atoms with van der Waals surface area (Å²) in [4.78, 5) is 0. The van der Waals surface area contributed by atoms with Crippen molar-refractivity contribution in [1.29, 1.82) is 0 Å². The molecule has 0 amide bonds. The molecule has 5 heteroatoms. The van der Waals surface area contributed by atoms with E-state index in [9.17, 15) is 8.42 Å². The van der Waals surface area contributed by atoms with Crippen molar-refractivity contribution in [3.05, 3.63) is 0 Å². The van der Waals surface area contributed by atoms with Crippen molar-refractivity contribution in [2.24, 2.45) is 5.92 Å². The molecule has 0 saturated heterocycles. The van der Waals surface area contributed by atoms with Gasteiger partial charge in [0.1, 0.15) is 0 Å². The van der Waals surface area contributed by atoms with E-state index in [4.69, 9.17) is 15.4 Å². The highest BCUT2D eigenvalue weighted by atomic mass is 35.7. The average Bonchev–Trinajstić information content (AvgIpc) is 2.53. The van der Waals surface area contributed by atoms with Crippen LogP contribution in [0.15, 0.2) is 0 Å². The molecule has 0 aromatic rings. The molecule has 1 aliphatic carbocycles. The van der Waals surface area contributed by atoms with Crippen molar-refractivity contribution in [3.63, 3.8) is 0 Å². The summed E-state index contributed by atoms with van der Waals surface area (Å²) >= 11 is 0. The fraction of sp³-hybridized carbons (Fsp3) is 1.00. The van der Waals surface area contributed by atoms with Crippen molar-refractivity contribution < 1.29 is 13.2 Å². The van der Waals surface area contributed by atoms with E-state index >= 15 is 0 Å². The monoisotopic (exact) mass is 240 g/mol. The van der Waals surface area contributed by atoms with E-state index in [1.54, 1.807) is 7.11 Å². The maximum atomic E-state index is 11.0. The molecule has 0 spiro atoms. The van der Waals surface area contributed by atoms with Crippen LogP contribution in [0.25, 0.3) is 0 Å². The molecule has 1 unspecified atom stereocenters.